The zero-order chi connectivity index (χ0) is 17.9. The van der Waals surface area contributed by atoms with E-state index in [1.165, 1.54) is 18.3 Å². The average Bonchev–Trinajstić information content (AvgIpc) is 2.62. The van der Waals surface area contributed by atoms with Gasteiger partial charge < -0.3 is 4.74 Å². The minimum absolute atomic E-state index is 0.137. The summed E-state index contributed by atoms with van der Waals surface area (Å²) in [6.07, 6.45) is 1.46. The summed E-state index contributed by atoms with van der Waals surface area (Å²) in [5.74, 6) is 0.616. The predicted octanol–water partition coefficient (Wildman–Crippen LogP) is 3.92. The lowest BCUT2D eigenvalue weighted by molar-refractivity contribution is 0.415. The van der Waals surface area contributed by atoms with Crippen LogP contribution >= 0.6 is 15.9 Å². The van der Waals surface area contributed by atoms with Gasteiger partial charge in [-0.1, -0.05) is 46.3 Å². The highest BCUT2D eigenvalue weighted by molar-refractivity contribution is 9.10. The van der Waals surface area contributed by atoms with E-state index in [1.807, 2.05) is 36.4 Å². The van der Waals surface area contributed by atoms with Crippen LogP contribution in [0.15, 0.2) is 75.1 Å². The third-order valence-electron chi connectivity index (χ3n) is 3.64. The van der Waals surface area contributed by atoms with Gasteiger partial charge in [-0.05, 0) is 41.1 Å². The van der Waals surface area contributed by atoms with Crippen LogP contribution in [0.25, 0.3) is 10.8 Å². The Balaban J connectivity index is 1.92. The molecule has 0 bridgehead atoms. The molecule has 0 unspecified atom stereocenters. The van der Waals surface area contributed by atoms with Crippen LogP contribution in [0.3, 0.4) is 0 Å². The Bertz CT molecular complexity index is 1030. The first kappa shape index (κ1) is 17.4. The van der Waals surface area contributed by atoms with Crippen molar-refractivity contribution in [2.45, 2.75) is 4.90 Å². The molecule has 5 nitrogen and oxygen atoms in total. The summed E-state index contributed by atoms with van der Waals surface area (Å²) in [6, 6.07) is 17.8. The molecule has 25 heavy (non-hydrogen) atoms. The first-order chi connectivity index (χ1) is 12.0. The van der Waals surface area contributed by atoms with E-state index in [-0.39, 0.29) is 4.90 Å². The number of rotatable bonds is 5. The summed E-state index contributed by atoms with van der Waals surface area (Å²) in [7, 11) is -2.17. The number of nitrogens with one attached hydrogen (secondary N) is 1. The van der Waals surface area contributed by atoms with Crippen molar-refractivity contribution in [1.82, 2.24) is 4.83 Å². The number of halogens is 1. The Morgan fingerprint density at radius 2 is 1.76 bits per heavy atom. The van der Waals surface area contributed by atoms with E-state index >= 15 is 0 Å². The van der Waals surface area contributed by atoms with Gasteiger partial charge in [0.2, 0.25) is 0 Å². The lowest BCUT2D eigenvalue weighted by Gasteiger charge is -2.08. The van der Waals surface area contributed by atoms with Crippen LogP contribution in [-0.4, -0.2) is 21.7 Å². The second kappa shape index (κ2) is 7.25. The Hall–Kier alpha value is -2.38. The predicted molar refractivity (Wildman–Crippen MR) is 103 cm³/mol. The molecular weight excluding hydrogens is 404 g/mol. The van der Waals surface area contributed by atoms with Crippen LogP contribution in [0.1, 0.15) is 5.56 Å². The summed E-state index contributed by atoms with van der Waals surface area (Å²) < 4.78 is 30.7. The lowest BCUT2D eigenvalue weighted by atomic mass is 10.0. The van der Waals surface area contributed by atoms with Gasteiger partial charge in [-0.15, -0.1) is 0 Å². The Kier molecular flexibility index (Phi) is 5.06. The first-order valence-corrected chi connectivity index (χ1v) is 9.65. The summed E-state index contributed by atoms with van der Waals surface area (Å²) in [4.78, 5) is 2.37. The van der Waals surface area contributed by atoms with Gasteiger partial charge in [0.1, 0.15) is 5.75 Å². The fourth-order valence-corrected chi connectivity index (χ4v) is 3.47. The smallest absolute Gasteiger partial charge is 0.276 e. The summed E-state index contributed by atoms with van der Waals surface area (Å²) >= 11 is 3.28. The second-order valence-corrected chi connectivity index (χ2v) is 7.79. The fraction of sp³-hybridized carbons (Fsp3) is 0.0556. The van der Waals surface area contributed by atoms with Gasteiger partial charge in [-0.25, -0.2) is 4.83 Å². The van der Waals surface area contributed by atoms with E-state index in [4.69, 9.17) is 4.74 Å². The topological polar surface area (TPSA) is 67.8 Å². The molecule has 0 amide bonds. The van der Waals surface area contributed by atoms with Crippen molar-refractivity contribution in [3.63, 3.8) is 0 Å². The van der Waals surface area contributed by atoms with E-state index in [0.29, 0.717) is 11.3 Å². The molecule has 3 aromatic carbocycles. The van der Waals surface area contributed by atoms with Crippen LogP contribution < -0.4 is 9.57 Å². The molecule has 0 saturated heterocycles. The Morgan fingerprint density at radius 1 is 1.04 bits per heavy atom. The van der Waals surface area contributed by atoms with Crippen molar-refractivity contribution >= 4 is 42.9 Å². The SMILES string of the molecule is COc1ccc2ccccc2c1/C=N\NS(=O)(=O)c1ccc(Br)cc1. The normalized spacial score (nSPS) is 11.8. The first-order valence-electron chi connectivity index (χ1n) is 7.37. The number of fused-ring (bicyclic) bond motifs is 1. The molecule has 0 radical (unpaired) electrons. The average molecular weight is 419 g/mol. The maximum absolute atomic E-state index is 12.3. The Labute approximate surface area is 154 Å². The van der Waals surface area contributed by atoms with E-state index in [0.717, 1.165) is 15.2 Å². The van der Waals surface area contributed by atoms with E-state index in [2.05, 4.69) is 25.9 Å². The zero-order valence-corrected chi connectivity index (χ0v) is 15.7. The molecule has 128 valence electrons. The number of hydrogen-bond donors (Lipinski definition) is 1. The molecule has 0 spiro atoms. The maximum Gasteiger partial charge on any atom is 0.276 e. The van der Waals surface area contributed by atoms with Gasteiger partial charge in [-0.2, -0.15) is 13.5 Å². The molecule has 0 aromatic heterocycles. The highest BCUT2D eigenvalue weighted by Gasteiger charge is 2.12. The van der Waals surface area contributed by atoms with Crippen molar-refractivity contribution in [2.75, 3.05) is 7.11 Å². The van der Waals surface area contributed by atoms with Crippen molar-refractivity contribution in [3.05, 3.63) is 70.7 Å². The molecule has 0 fully saturated rings. The lowest BCUT2D eigenvalue weighted by Crippen LogP contribution is -2.18. The molecule has 3 aromatic rings. The number of hydrazone groups is 1. The number of methoxy groups -OCH3 is 1. The molecule has 0 aliphatic carbocycles. The largest absolute Gasteiger partial charge is 0.496 e. The molecule has 0 saturated carbocycles. The third kappa shape index (κ3) is 3.83. The van der Waals surface area contributed by atoms with Gasteiger partial charge in [0.25, 0.3) is 10.0 Å². The quantitative estimate of drug-likeness (QED) is 0.504. The van der Waals surface area contributed by atoms with Crippen LogP contribution in [0, 0.1) is 0 Å². The summed E-state index contributed by atoms with van der Waals surface area (Å²) in [6.45, 7) is 0. The minimum Gasteiger partial charge on any atom is -0.496 e. The van der Waals surface area contributed by atoms with Crippen LogP contribution in [0.5, 0.6) is 5.75 Å². The highest BCUT2D eigenvalue weighted by atomic mass is 79.9. The van der Waals surface area contributed by atoms with Gasteiger partial charge in [-0.3, -0.25) is 0 Å². The van der Waals surface area contributed by atoms with Gasteiger partial charge in [0.15, 0.2) is 0 Å². The monoisotopic (exact) mass is 418 g/mol. The van der Waals surface area contributed by atoms with Gasteiger partial charge in [0, 0.05) is 10.0 Å². The van der Waals surface area contributed by atoms with Crippen molar-refractivity contribution in [2.24, 2.45) is 5.10 Å². The second-order valence-electron chi connectivity index (χ2n) is 5.21. The van der Waals surface area contributed by atoms with E-state index in [9.17, 15) is 8.42 Å². The number of ether oxygens (including phenoxy) is 1. The fourth-order valence-electron chi connectivity index (χ4n) is 2.41. The molecule has 1 N–H and O–H groups in total. The molecule has 3 rings (SSSR count). The van der Waals surface area contributed by atoms with E-state index < -0.39 is 10.0 Å². The standard InChI is InChI=1S/C18H15BrN2O3S/c1-24-18-11-6-13-4-2-3-5-16(13)17(18)12-20-21-25(22,23)15-9-7-14(19)8-10-15/h2-12,21H,1H3/b20-12-. The third-order valence-corrected chi connectivity index (χ3v) is 5.41. The molecular formula is C18H15BrN2O3S. The number of hydrogen-bond acceptors (Lipinski definition) is 4. The van der Waals surface area contributed by atoms with Crippen molar-refractivity contribution < 1.29 is 13.2 Å². The molecule has 0 atom stereocenters. The van der Waals surface area contributed by atoms with E-state index in [1.54, 1.807) is 19.2 Å². The van der Waals surface area contributed by atoms with Crippen molar-refractivity contribution in [1.29, 1.82) is 0 Å². The molecule has 0 aliphatic rings. The molecule has 0 heterocycles. The molecule has 0 aliphatic heterocycles. The van der Waals surface area contributed by atoms with Crippen LogP contribution in [0.2, 0.25) is 0 Å². The minimum atomic E-state index is -3.73. The number of sulfonamides is 1. The zero-order valence-electron chi connectivity index (χ0n) is 13.3. The highest BCUT2D eigenvalue weighted by Crippen LogP contribution is 2.26. The summed E-state index contributed by atoms with van der Waals surface area (Å²) in [5.41, 5.74) is 0.708. The maximum atomic E-state index is 12.3. The molecule has 7 heteroatoms. The van der Waals surface area contributed by atoms with Crippen LogP contribution in [0.4, 0.5) is 0 Å². The van der Waals surface area contributed by atoms with Crippen LogP contribution in [-0.2, 0) is 10.0 Å². The van der Waals surface area contributed by atoms with Gasteiger partial charge in [0.05, 0.1) is 18.2 Å². The summed E-state index contributed by atoms with van der Waals surface area (Å²) in [5, 5.41) is 5.86. The number of nitrogens with zero attached hydrogens (tertiary/aromatic N) is 1. The number of benzene rings is 3. The Morgan fingerprint density at radius 3 is 2.48 bits per heavy atom. The van der Waals surface area contributed by atoms with Gasteiger partial charge >= 0.3 is 0 Å². The van der Waals surface area contributed by atoms with Crippen molar-refractivity contribution in [3.8, 4) is 5.75 Å².